The van der Waals surface area contributed by atoms with E-state index in [9.17, 15) is 9.59 Å². The number of H-pyrrole nitrogens is 1. The van der Waals surface area contributed by atoms with Gasteiger partial charge < -0.3 is 15.2 Å². The third-order valence-corrected chi connectivity index (χ3v) is 5.82. The van der Waals surface area contributed by atoms with E-state index < -0.39 is 0 Å². The minimum atomic E-state index is -0.184. The van der Waals surface area contributed by atoms with Crippen LogP contribution in [-0.2, 0) is 6.54 Å². The molecule has 0 aromatic carbocycles. The number of urea groups is 2. The summed E-state index contributed by atoms with van der Waals surface area (Å²) in [5.41, 5.74) is 4.27. The SMILES string of the molecule is O=C(Nc1nncs1)N1CCC(N2C(=O)NCc3cnc4[nH]ccc4c32)CC1. The van der Waals surface area contributed by atoms with Gasteiger partial charge in [-0.1, -0.05) is 11.3 Å². The van der Waals surface area contributed by atoms with Crippen LogP contribution in [0.15, 0.2) is 24.0 Å². The second-order valence-corrected chi connectivity index (χ2v) is 7.63. The van der Waals surface area contributed by atoms with Gasteiger partial charge in [-0.05, 0) is 18.9 Å². The number of hydrogen-bond donors (Lipinski definition) is 3. The van der Waals surface area contributed by atoms with Crippen molar-refractivity contribution in [1.82, 2.24) is 30.4 Å². The molecule has 0 radical (unpaired) electrons. The van der Waals surface area contributed by atoms with Crippen molar-refractivity contribution in [2.45, 2.75) is 25.4 Å². The Balaban J connectivity index is 1.35. The number of aromatic nitrogens is 4. The monoisotopic (exact) mass is 398 g/mol. The molecule has 28 heavy (non-hydrogen) atoms. The molecule has 5 heterocycles. The predicted molar refractivity (Wildman–Crippen MR) is 104 cm³/mol. The van der Waals surface area contributed by atoms with Gasteiger partial charge in [-0.25, -0.2) is 14.6 Å². The van der Waals surface area contributed by atoms with Crippen molar-refractivity contribution in [2.75, 3.05) is 23.3 Å². The van der Waals surface area contributed by atoms with E-state index in [2.05, 4.69) is 30.8 Å². The van der Waals surface area contributed by atoms with Gasteiger partial charge in [0.05, 0.1) is 5.69 Å². The van der Waals surface area contributed by atoms with Crippen LogP contribution in [0, 0.1) is 0 Å². The molecule has 0 spiro atoms. The number of anilines is 2. The molecular weight excluding hydrogens is 380 g/mol. The summed E-state index contributed by atoms with van der Waals surface area (Å²) in [6.45, 7) is 1.60. The van der Waals surface area contributed by atoms with Crippen molar-refractivity contribution >= 4 is 45.3 Å². The van der Waals surface area contributed by atoms with Gasteiger partial charge in [-0.3, -0.25) is 10.2 Å². The van der Waals surface area contributed by atoms with Gasteiger partial charge in [0, 0.05) is 49.0 Å². The number of carbonyl (C=O) groups is 2. The number of fused-ring (bicyclic) bond motifs is 3. The van der Waals surface area contributed by atoms with E-state index in [1.54, 1.807) is 10.4 Å². The Morgan fingerprint density at radius 1 is 1.32 bits per heavy atom. The molecule has 3 aromatic heterocycles. The van der Waals surface area contributed by atoms with Gasteiger partial charge in [0.1, 0.15) is 11.2 Å². The summed E-state index contributed by atoms with van der Waals surface area (Å²) in [4.78, 5) is 36.3. The molecule has 5 rings (SSSR count). The Bertz CT molecular complexity index is 1030. The number of likely N-dealkylation sites (tertiary alicyclic amines) is 1. The lowest BCUT2D eigenvalue weighted by atomic mass is 10.00. The molecule has 0 unspecified atom stereocenters. The molecule has 2 aliphatic heterocycles. The van der Waals surface area contributed by atoms with Crippen LogP contribution in [0.4, 0.5) is 20.4 Å². The first-order valence-corrected chi connectivity index (χ1v) is 9.93. The van der Waals surface area contributed by atoms with Crippen LogP contribution in [0.3, 0.4) is 0 Å². The molecule has 0 atom stereocenters. The molecule has 3 aromatic rings. The molecule has 0 aliphatic carbocycles. The molecule has 2 aliphatic rings. The maximum absolute atomic E-state index is 12.7. The van der Waals surface area contributed by atoms with E-state index in [0.29, 0.717) is 37.6 Å². The standard InChI is InChI=1S/C17H18N8O2S/c26-16-20-8-10-7-19-14-12(1-4-18-14)13(10)25(16)11-2-5-24(6-3-11)17(27)22-15-23-21-9-28-15/h1,4,7,9,11H,2-3,5-6,8H2,(H,18,19)(H,20,26)(H,22,23,27). The zero-order chi connectivity index (χ0) is 19.1. The van der Waals surface area contributed by atoms with Gasteiger partial charge in [-0.2, -0.15) is 0 Å². The molecule has 0 bridgehead atoms. The molecule has 10 nitrogen and oxygen atoms in total. The highest BCUT2D eigenvalue weighted by molar-refractivity contribution is 7.13. The lowest BCUT2D eigenvalue weighted by Crippen LogP contribution is -2.54. The summed E-state index contributed by atoms with van der Waals surface area (Å²) < 4.78 is 0. The third-order valence-electron chi connectivity index (χ3n) is 5.21. The first-order valence-electron chi connectivity index (χ1n) is 9.05. The molecule has 1 fully saturated rings. The third kappa shape index (κ3) is 2.83. The smallest absolute Gasteiger partial charge is 0.323 e. The number of aromatic amines is 1. The quantitative estimate of drug-likeness (QED) is 0.611. The average molecular weight is 398 g/mol. The average Bonchev–Trinajstić information content (AvgIpc) is 3.39. The number of nitrogens with one attached hydrogen (secondary N) is 3. The number of pyridine rings is 1. The van der Waals surface area contributed by atoms with Crippen LogP contribution < -0.4 is 15.5 Å². The van der Waals surface area contributed by atoms with Gasteiger partial charge in [0.2, 0.25) is 5.13 Å². The lowest BCUT2D eigenvalue weighted by Gasteiger charge is -2.41. The van der Waals surface area contributed by atoms with Gasteiger partial charge in [-0.15, -0.1) is 10.2 Å². The van der Waals surface area contributed by atoms with Gasteiger partial charge >= 0.3 is 12.1 Å². The van der Waals surface area contributed by atoms with Crippen molar-refractivity contribution in [3.05, 3.63) is 29.5 Å². The Hall–Kier alpha value is -3.21. The summed E-state index contributed by atoms with van der Waals surface area (Å²) in [6, 6.07) is 1.69. The molecule has 3 N–H and O–H groups in total. The normalized spacial score (nSPS) is 17.5. The highest BCUT2D eigenvalue weighted by atomic mass is 32.1. The van der Waals surface area contributed by atoms with E-state index in [1.807, 2.05) is 23.4 Å². The summed E-state index contributed by atoms with van der Waals surface area (Å²) >= 11 is 1.28. The number of piperidine rings is 1. The van der Waals surface area contributed by atoms with Crippen molar-refractivity contribution < 1.29 is 9.59 Å². The summed E-state index contributed by atoms with van der Waals surface area (Å²) in [7, 11) is 0. The van der Waals surface area contributed by atoms with E-state index >= 15 is 0 Å². The Kier molecular flexibility index (Phi) is 4.08. The number of carbonyl (C=O) groups excluding carboxylic acids is 2. The van der Waals surface area contributed by atoms with Crippen LogP contribution in [0.5, 0.6) is 0 Å². The van der Waals surface area contributed by atoms with Crippen LogP contribution in [0.25, 0.3) is 11.0 Å². The second kappa shape index (κ2) is 6.75. The van der Waals surface area contributed by atoms with Crippen molar-refractivity contribution in [2.24, 2.45) is 0 Å². The largest absolute Gasteiger partial charge is 0.346 e. The lowest BCUT2D eigenvalue weighted by molar-refractivity contribution is 0.192. The van der Waals surface area contributed by atoms with Crippen molar-refractivity contribution in [3.63, 3.8) is 0 Å². The van der Waals surface area contributed by atoms with Gasteiger partial charge in [0.25, 0.3) is 0 Å². The molecule has 0 saturated carbocycles. The fourth-order valence-electron chi connectivity index (χ4n) is 3.88. The zero-order valence-corrected chi connectivity index (χ0v) is 15.7. The first-order chi connectivity index (χ1) is 13.7. The summed E-state index contributed by atoms with van der Waals surface area (Å²) in [5.74, 6) is 0. The van der Waals surface area contributed by atoms with Crippen LogP contribution in [-0.4, -0.2) is 56.3 Å². The number of nitrogens with zero attached hydrogens (tertiary/aromatic N) is 5. The predicted octanol–water partition coefficient (Wildman–Crippen LogP) is 2.14. The Morgan fingerprint density at radius 3 is 2.96 bits per heavy atom. The van der Waals surface area contributed by atoms with Crippen LogP contribution in [0.2, 0.25) is 0 Å². The summed E-state index contributed by atoms with van der Waals surface area (Å²) in [6.07, 6.45) is 5.05. The van der Waals surface area contributed by atoms with Crippen molar-refractivity contribution in [3.8, 4) is 0 Å². The zero-order valence-electron chi connectivity index (χ0n) is 14.9. The van der Waals surface area contributed by atoms with E-state index in [-0.39, 0.29) is 18.1 Å². The molecule has 11 heteroatoms. The van der Waals surface area contributed by atoms with Crippen LogP contribution in [0.1, 0.15) is 18.4 Å². The maximum atomic E-state index is 12.7. The fourth-order valence-corrected chi connectivity index (χ4v) is 4.31. The van der Waals surface area contributed by atoms with E-state index in [0.717, 1.165) is 22.3 Å². The number of amides is 4. The Labute approximate surface area is 163 Å². The second-order valence-electron chi connectivity index (χ2n) is 6.79. The first kappa shape index (κ1) is 16.9. The molecule has 144 valence electrons. The maximum Gasteiger partial charge on any atom is 0.323 e. The Morgan fingerprint density at radius 2 is 2.18 bits per heavy atom. The van der Waals surface area contributed by atoms with Crippen molar-refractivity contribution in [1.29, 1.82) is 0 Å². The topological polar surface area (TPSA) is 119 Å². The molecule has 1 saturated heterocycles. The fraction of sp³-hybridized carbons (Fsp3) is 0.353. The minimum absolute atomic E-state index is 0.0186. The number of rotatable bonds is 2. The minimum Gasteiger partial charge on any atom is -0.346 e. The van der Waals surface area contributed by atoms with E-state index in [1.165, 1.54) is 11.3 Å². The molecule has 4 amide bonds. The molecular formula is C17H18N8O2S. The van der Waals surface area contributed by atoms with E-state index in [4.69, 9.17) is 0 Å². The van der Waals surface area contributed by atoms with Crippen LogP contribution >= 0.6 is 11.3 Å². The number of hydrogen-bond acceptors (Lipinski definition) is 6. The van der Waals surface area contributed by atoms with Gasteiger partial charge in [0.15, 0.2) is 0 Å². The highest BCUT2D eigenvalue weighted by Crippen LogP contribution is 2.35. The highest BCUT2D eigenvalue weighted by Gasteiger charge is 2.35. The summed E-state index contributed by atoms with van der Waals surface area (Å²) in [5, 5.41) is 14.7.